The van der Waals surface area contributed by atoms with Crippen molar-refractivity contribution in [2.75, 3.05) is 6.54 Å². The van der Waals surface area contributed by atoms with Crippen molar-refractivity contribution < 1.29 is 4.42 Å². The van der Waals surface area contributed by atoms with Gasteiger partial charge in [0.05, 0.1) is 5.69 Å². The Kier molecular flexibility index (Phi) is 2.29. The summed E-state index contributed by atoms with van der Waals surface area (Å²) in [6, 6.07) is 6.41. The number of nitrogens with one attached hydrogen (secondary N) is 2. The van der Waals surface area contributed by atoms with Crippen molar-refractivity contribution in [2.24, 2.45) is 0 Å². The molecule has 0 aromatic carbocycles. The molecule has 1 aliphatic heterocycles. The minimum absolute atomic E-state index is 0.428. The molecule has 16 heavy (non-hydrogen) atoms. The number of furan rings is 1. The van der Waals surface area contributed by atoms with E-state index >= 15 is 0 Å². The summed E-state index contributed by atoms with van der Waals surface area (Å²) < 4.78 is 5.54. The van der Waals surface area contributed by atoms with Gasteiger partial charge in [0.25, 0.3) is 0 Å². The third kappa shape index (κ3) is 1.65. The Morgan fingerprint density at radius 2 is 2.38 bits per heavy atom. The van der Waals surface area contributed by atoms with E-state index in [0.29, 0.717) is 6.04 Å². The highest BCUT2D eigenvalue weighted by Gasteiger charge is 2.19. The van der Waals surface area contributed by atoms with Gasteiger partial charge in [-0.25, -0.2) is 0 Å². The lowest BCUT2D eigenvalue weighted by Gasteiger charge is -2.04. The van der Waals surface area contributed by atoms with Crippen molar-refractivity contribution in [3.05, 3.63) is 29.7 Å². The zero-order valence-electron chi connectivity index (χ0n) is 9.29. The molecular weight excluding hydrogens is 202 g/mol. The van der Waals surface area contributed by atoms with Crippen LogP contribution in [0.4, 0.5) is 0 Å². The maximum absolute atomic E-state index is 5.54. The number of H-pyrrole nitrogens is 1. The van der Waals surface area contributed by atoms with E-state index in [0.717, 1.165) is 29.5 Å². The predicted octanol–water partition coefficient (Wildman–Crippen LogP) is 2.40. The molecule has 4 nitrogen and oxygen atoms in total. The zero-order chi connectivity index (χ0) is 11.0. The van der Waals surface area contributed by atoms with Crippen LogP contribution < -0.4 is 5.32 Å². The summed E-state index contributed by atoms with van der Waals surface area (Å²) in [5, 5.41) is 10.8. The predicted molar refractivity (Wildman–Crippen MR) is 61.0 cm³/mol. The third-order valence-corrected chi connectivity index (χ3v) is 3.03. The first kappa shape index (κ1) is 9.66. The summed E-state index contributed by atoms with van der Waals surface area (Å²) in [5.74, 6) is 1.75. The standard InChI is InChI=1S/C12H15N3O/c1-8-4-5-12(16-8)11-7-10(14-15-11)9-3-2-6-13-9/h4-5,7,9,13H,2-3,6H2,1H3,(H,14,15). The maximum atomic E-state index is 5.54. The average Bonchev–Trinajstić information content (AvgIpc) is 2.97. The number of hydrogen-bond acceptors (Lipinski definition) is 3. The lowest BCUT2D eigenvalue weighted by Crippen LogP contribution is -2.12. The van der Waals surface area contributed by atoms with Gasteiger partial charge in [0.1, 0.15) is 11.5 Å². The normalized spacial score (nSPS) is 20.4. The van der Waals surface area contributed by atoms with Crippen molar-refractivity contribution in [1.29, 1.82) is 0 Å². The van der Waals surface area contributed by atoms with Gasteiger partial charge in [-0.2, -0.15) is 5.10 Å². The largest absolute Gasteiger partial charge is 0.460 e. The van der Waals surface area contributed by atoms with Crippen LogP contribution in [0.25, 0.3) is 11.5 Å². The fraction of sp³-hybridized carbons (Fsp3) is 0.417. The lowest BCUT2D eigenvalue weighted by molar-refractivity contribution is 0.546. The molecule has 0 radical (unpaired) electrons. The van der Waals surface area contributed by atoms with Gasteiger partial charge in [0, 0.05) is 6.04 Å². The first-order valence-corrected chi connectivity index (χ1v) is 5.68. The Hall–Kier alpha value is -1.55. The highest BCUT2D eigenvalue weighted by Crippen LogP contribution is 2.26. The molecule has 1 unspecified atom stereocenters. The van der Waals surface area contributed by atoms with E-state index in [1.54, 1.807) is 0 Å². The van der Waals surface area contributed by atoms with Gasteiger partial charge < -0.3 is 9.73 Å². The van der Waals surface area contributed by atoms with Crippen molar-refractivity contribution in [1.82, 2.24) is 15.5 Å². The first-order chi connectivity index (χ1) is 7.83. The van der Waals surface area contributed by atoms with Crippen LogP contribution in [0.5, 0.6) is 0 Å². The van der Waals surface area contributed by atoms with E-state index in [9.17, 15) is 0 Å². The smallest absolute Gasteiger partial charge is 0.154 e. The zero-order valence-corrected chi connectivity index (χ0v) is 9.29. The van der Waals surface area contributed by atoms with E-state index in [1.807, 2.05) is 19.1 Å². The van der Waals surface area contributed by atoms with Gasteiger partial charge >= 0.3 is 0 Å². The molecule has 0 spiro atoms. The molecule has 4 heteroatoms. The first-order valence-electron chi connectivity index (χ1n) is 5.68. The number of hydrogen-bond donors (Lipinski definition) is 2. The Bertz CT molecular complexity index is 480. The van der Waals surface area contributed by atoms with Crippen molar-refractivity contribution in [3.8, 4) is 11.5 Å². The third-order valence-electron chi connectivity index (χ3n) is 3.03. The fourth-order valence-corrected chi connectivity index (χ4v) is 2.16. The van der Waals surface area contributed by atoms with Gasteiger partial charge in [-0.05, 0) is 44.5 Å². The van der Waals surface area contributed by atoms with E-state index < -0.39 is 0 Å². The molecule has 3 rings (SSSR count). The quantitative estimate of drug-likeness (QED) is 0.812. The van der Waals surface area contributed by atoms with E-state index in [2.05, 4.69) is 21.6 Å². The summed E-state index contributed by atoms with van der Waals surface area (Å²) in [6.07, 6.45) is 2.41. The number of aryl methyl sites for hydroxylation is 1. The number of aromatic amines is 1. The minimum Gasteiger partial charge on any atom is -0.460 e. The van der Waals surface area contributed by atoms with Crippen molar-refractivity contribution >= 4 is 0 Å². The molecule has 0 aliphatic carbocycles. The molecule has 0 saturated carbocycles. The van der Waals surface area contributed by atoms with Crippen molar-refractivity contribution in [3.63, 3.8) is 0 Å². The van der Waals surface area contributed by atoms with Gasteiger partial charge in [-0.1, -0.05) is 0 Å². The van der Waals surface area contributed by atoms with Gasteiger partial charge in [-0.15, -0.1) is 0 Å². The number of aromatic nitrogens is 2. The molecule has 0 amide bonds. The molecular formula is C12H15N3O. The summed E-state index contributed by atoms with van der Waals surface area (Å²) in [5.41, 5.74) is 2.04. The van der Waals surface area contributed by atoms with Gasteiger partial charge in [0.15, 0.2) is 5.76 Å². The second-order valence-corrected chi connectivity index (χ2v) is 4.27. The Morgan fingerprint density at radius 1 is 1.44 bits per heavy atom. The molecule has 2 aromatic rings. The fourth-order valence-electron chi connectivity index (χ4n) is 2.16. The SMILES string of the molecule is Cc1ccc(-c2cc(C3CCCN3)[nH]n2)o1. The molecule has 0 bridgehead atoms. The number of rotatable bonds is 2. The van der Waals surface area contributed by atoms with Crippen LogP contribution in [-0.2, 0) is 0 Å². The van der Waals surface area contributed by atoms with Crippen LogP contribution in [0.1, 0.15) is 30.3 Å². The highest BCUT2D eigenvalue weighted by molar-refractivity contribution is 5.52. The summed E-state index contributed by atoms with van der Waals surface area (Å²) in [7, 11) is 0. The van der Waals surface area contributed by atoms with E-state index in [1.165, 1.54) is 12.8 Å². The summed E-state index contributed by atoms with van der Waals surface area (Å²) in [6.45, 7) is 3.04. The molecule has 1 atom stereocenters. The highest BCUT2D eigenvalue weighted by atomic mass is 16.3. The van der Waals surface area contributed by atoms with Crippen LogP contribution in [0, 0.1) is 6.92 Å². The summed E-state index contributed by atoms with van der Waals surface area (Å²) in [4.78, 5) is 0. The molecule has 3 heterocycles. The second kappa shape index (κ2) is 3.79. The monoisotopic (exact) mass is 217 g/mol. The molecule has 2 aromatic heterocycles. The van der Waals surface area contributed by atoms with Crippen LogP contribution in [0.2, 0.25) is 0 Å². The van der Waals surface area contributed by atoms with Crippen LogP contribution in [0.15, 0.2) is 22.6 Å². The van der Waals surface area contributed by atoms with Crippen LogP contribution in [-0.4, -0.2) is 16.7 Å². The van der Waals surface area contributed by atoms with Crippen LogP contribution >= 0.6 is 0 Å². The summed E-state index contributed by atoms with van der Waals surface area (Å²) >= 11 is 0. The van der Waals surface area contributed by atoms with Gasteiger partial charge in [-0.3, -0.25) is 5.10 Å². The topological polar surface area (TPSA) is 53.9 Å². The molecule has 1 aliphatic rings. The Morgan fingerprint density at radius 3 is 3.06 bits per heavy atom. The second-order valence-electron chi connectivity index (χ2n) is 4.27. The van der Waals surface area contributed by atoms with E-state index in [4.69, 9.17) is 4.42 Å². The minimum atomic E-state index is 0.428. The molecule has 1 saturated heterocycles. The van der Waals surface area contributed by atoms with E-state index in [-0.39, 0.29) is 0 Å². The molecule has 84 valence electrons. The lowest BCUT2D eigenvalue weighted by atomic mass is 10.1. The average molecular weight is 217 g/mol. The molecule has 2 N–H and O–H groups in total. The maximum Gasteiger partial charge on any atom is 0.154 e. The van der Waals surface area contributed by atoms with Gasteiger partial charge in [0.2, 0.25) is 0 Å². The Labute approximate surface area is 94.0 Å². The van der Waals surface area contributed by atoms with Crippen molar-refractivity contribution in [2.45, 2.75) is 25.8 Å². The Balaban J connectivity index is 1.87. The molecule has 1 fully saturated rings. The number of nitrogens with zero attached hydrogens (tertiary/aromatic N) is 1. The van der Waals surface area contributed by atoms with Crippen LogP contribution in [0.3, 0.4) is 0 Å².